The first kappa shape index (κ1) is 16.2. The van der Waals surface area contributed by atoms with Gasteiger partial charge in [0.25, 0.3) is 0 Å². The third-order valence-corrected chi connectivity index (χ3v) is 4.70. The Hall–Kier alpha value is -1.21. The normalized spacial score (nSPS) is 10.7. The van der Waals surface area contributed by atoms with E-state index >= 15 is 0 Å². The Labute approximate surface area is 135 Å². The van der Waals surface area contributed by atoms with Crippen LogP contribution in [0.5, 0.6) is 0 Å². The average Bonchev–Trinajstić information content (AvgIpc) is 2.91. The van der Waals surface area contributed by atoms with Crippen molar-refractivity contribution in [1.29, 1.82) is 0 Å². The lowest BCUT2D eigenvalue weighted by Gasteiger charge is -2.16. The van der Waals surface area contributed by atoms with E-state index in [9.17, 15) is 8.78 Å². The number of nitrogens with one attached hydrogen (secondary N) is 1. The molecule has 2 aromatic rings. The standard InChI is InChI=1S/C14H16BrF2N3S/c1-3-20(4-2)14-19-8-9(21-14)7-18-13-5-10(15)11(16)6-12(13)17/h5-6,8,18H,3-4,7H2,1-2H3. The van der Waals surface area contributed by atoms with Gasteiger partial charge in [-0.3, -0.25) is 0 Å². The summed E-state index contributed by atoms with van der Waals surface area (Å²) in [6, 6.07) is 2.26. The van der Waals surface area contributed by atoms with Crippen molar-refractivity contribution in [2.45, 2.75) is 20.4 Å². The first-order chi connectivity index (χ1) is 10.0. The maximum atomic E-state index is 13.6. The Morgan fingerprint density at radius 1 is 1.24 bits per heavy atom. The van der Waals surface area contributed by atoms with Crippen LogP contribution in [0.1, 0.15) is 18.7 Å². The van der Waals surface area contributed by atoms with Crippen molar-refractivity contribution in [3.63, 3.8) is 0 Å². The predicted molar refractivity (Wildman–Crippen MR) is 87.1 cm³/mol. The molecule has 1 N–H and O–H groups in total. The highest BCUT2D eigenvalue weighted by molar-refractivity contribution is 9.10. The van der Waals surface area contributed by atoms with E-state index in [2.05, 4.69) is 45.0 Å². The molecule has 0 amide bonds. The molecule has 0 saturated carbocycles. The van der Waals surface area contributed by atoms with E-state index < -0.39 is 11.6 Å². The highest BCUT2D eigenvalue weighted by Gasteiger charge is 2.10. The van der Waals surface area contributed by atoms with Gasteiger partial charge in [0.15, 0.2) is 5.13 Å². The summed E-state index contributed by atoms with van der Waals surface area (Å²) >= 11 is 4.62. The molecule has 114 valence electrons. The minimum atomic E-state index is -0.611. The molecular weight excluding hydrogens is 360 g/mol. The molecule has 0 radical (unpaired) electrons. The van der Waals surface area contributed by atoms with Gasteiger partial charge in [-0.1, -0.05) is 0 Å². The smallest absolute Gasteiger partial charge is 0.185 e. The molecule has 0 atom stereocenters. The quantitative estimate of drug-likeness (QED) is 0.745. The Morgan fingerprint density at radius 3 is 2.62 bits per heavy atom. The van der Waals surface area contributed by atoms with E-state index in [1.54, 1.807) is 17.5 Å². The summed E-state index contributed by atoms with van der Waals surface area (Å²) in [6.45, 7) is 6.41. The van der Waals surface area contributed by atoms with E-state index in [0.29, 0.717) is 6.54 Å². The van der Waals surface area contributed by atoms with Crippen molar-refractivity contribution in [3.8, 4) is 0 Å². The molecule has 0 spiro atoms. The Bertz CT molecular complexity index is 614. The maximum absolute atomic E-state index is 13.6. The molecule has 0 unspecified atom stereocenters. The van der Waals surface area contributed by atoms with Crippen LogP contribution in [-0.2, 0) is 6.54 Å². The van der Waals surface area contributed by atoms with Crippen molar-refractivity contribution >= 4 is 38.1 Å². The third kappa shape index (κ3) is 3.91. The predicted octanol–water partition coefficient (Wildman–Crippen LogP) is 4.64. The van der Waals surface area contributed by atoms with Gasteiger partial charge in [0.1, 0.15) is 11.6 Å². The number of anilines is 2. The number of halogens is 3. The number of hydrogen-bond donors (Lipinski definition) is 1. The van der Waals surface area contributed by atoms with Crippen LogP contribution in [0.25, 0.3) is 0 Å². The van der Waals surface area contributed by atoms with Gasteiger partial charge in [0, 0.05) is 30.2 Å². The fraction of sp³-hybridized carbons (Fsp3) is 0.357. The summed E-state index contributed by atoms with van der Waals surface area (Å²) in [5, 5.41) is 3.92. The molecule has 0 fully saturated rings. The fourth-order valence-electron chi connectivity index (χ4n) is 1.86. The van der Waals surface area contributed by atoms with E-state index in [4.69, 9.17) is 0 Å². The second-order valence-corrected chi connectivity index (χ2v) is 6.33. The van der Waals surface area contributed by atoms with Crippen LogP contribution >= 0.6 is 27.3 Å². The summed E-state index contributed by atoms with van der Waals surface area (Å²) in [6.07, 6.45) is 1.78. The van der Waals surface area contributed by atoms with Crippen LogP contribution in [-0.4, -0.2) is 18.1 Å². The van der Waals surface area contributed by atoms with Gasteiger partial charge in [-0.2, -0.15) is 0 Å². The highest BCUT2D eigenvalue weighted by atomic mass is 79.9. The molecule has 0 saturated heterocycles. The van der Waals surface area contributed by atoms with Crippen molar-refractivity contribution < 1.29 is 8.78 Å². The average molecular weight is 376 g/mol. The van der Waals surface area contributed by atoms with E-state index in [1.165, 1.54) is 6.07 Å². The van der Waals surface area contributed by atoms with Crippen molar-refractivity contribution in [3.05, 3.63) is 39.3 Å². The van der Waals surface area contributed by atoms with Crippen molar-refractivity contribution in [1.82, 2.24) is 4.98 Å². The summed E-state index contributed by atoms with van der Waals surface area (Å²) in [7, 11) is 0. The number of thiazole rings is 1. The van der Waals surface area contributed by atoms with Crippen LogP contribution in [0.3, 0.4) is 0 Å². The molecule has 7 heteroatoms. The lowest BCUT2D eigenvalue weighted by atomic mass is 10.3. The Morgan fingerprint density at radius 2 is 1.95 bits per heavy atom. The minimum absolute atomic E-state index is 0.236. The zero-order valence-electron chi connectivity index (χ0n) is 11.8. The monoisotopic (exact) mass is 375 g/mol. The summed E-state index contributed by atoms with van der Waals surface area (Å²) in [5.74, 6) is -1.22. The van der Waals surface area contributed by atoms with Gasteiger partial charge in [-0.15, -0.1) is 11.3 Å². The Balaban J connectivity index is 2.05. The van der Waals surface area contributed by atoms with Crippen LogP contribution in [0, 0.1) is 11.6 Å². The van der Waals surface area contributed by atoms with E-state index in [1.807, 2.05) is 0 Å². The lowest BCUT2D eigenvalue weighted by molar-refractivity contribution is 0.580. The Kier molecular flexibility index (Phi) is 5.52. The molecule has 1 aromatic carbocycles. The van der Waals surface area contributed by atoms with Gasteiger partial charge >= 0.3 is 0 Å². The van der Waals surface area contributed by atoms with Gasteiger partial charge in [0.05, 0.1) is 16.7 Å². The molecule has 0 aliphatic carbocycles. The van der Waals surface area contributed by atoms with Gasteiger partial charge in [-0.05, 0) is 35.8 Å². The van der Waals surface area contributed by atoms with Crippen molar-refractivity contribution in [2.24, 2.45) is 0 Å². The zero-order chi connectivity index (χ0) is 15.4. The first-order valence-electron chi connectivity index (χ1n) is 6.63. The minimum Gasteiger partial charge on any atom is -0.378 e. The lowest BCUT2D eigenvalue weighted by Crippen LogP contribution is -2.21. The SMILES string of the molecule is CCN(CC)c1ncc(CNc2cc(Br)c(F)cc2F)s1. The molecule has 0 bridgehead atoms. The number of aromatic nitrogens is 1. The van der Waals surface area contributed by atoms with Crippen LogP contribution in [0.2, 0.25) is 0 Å². The van der Waals surface area contributed by atoms with E-state index in [0.717, 1.165) is 29.2 Å². The molecule has 0 aliphatic heterocycles. The molecule has 21 heavy (non-hydrogen) atoms. The van der Waals surface area contributed by atoms with Crippen LogP contribution < -0.4 is 10.2 Å². The largest absolute Gasteiger partial charge is 0.378 e. The molecule has 1 heterocycles. The number of rotatable bonds is 6. The van der Waals surface area contributed by atoms with E-state index in [-0.39, 0.29) is 10.2 Å². The topological polar surface area (TPSA) is 28.2 Å². The third-order valence-electron chi connectivity index (χ3n) is 3.04. The molecule has 3 nitrogen and oxygen atoms in total. The second-order valence-electron chi connectivity index (χ2n) is 4.38. The van der Waals surface area contributed by atoms with Gasteiger partial charge in [0.2, 0.25) is 0 Å². The van der Waals surface area contributed by atoms with Gasteiger partial charge in [-0.25, -0.2) is 13.8 Å². The van der Waals surface area contributed by atoms with Gasteiger partial charge < -0.3 is 10.2 Å². The highest BCUT2D eigenvalue weighted by Crippen LogP contribution is 2.26. The van der Waals surface area contributed by atoms with Crippen LogP contribution in [0.4, 0.5) is 19.6 Å². The first-order valence-corrected chi connectivity index (χ1v) is 8.24. The van der Waals surface area contributed by atoms with Crippen LogP contribution in [0.15, 0.2) is 22.8 Å². The fourth-order valence-corrected chi connectivity index (χ4v) is 3.18. The summed E-state index contributed by atoms with van der Waals surface area (Å²) < 4.78 is 27.0. The number of benzene rings is 1. The summed E-state index contributed by atoms with van der Waals surface area (Å²) in [5.41, 5.74) is 0.265. The molecule has 0 aliphatic rings. The molecular formula is C14H16BrF2N3S. The van der Waals surface area contributed by atoms with Crippen molar-refractivity contribution in [2.75, 3.05) is 23.3 Å². The zero-order valence-corrected chi connectivity index (χ0v) is 14.2. The number of hydrogen-bond acceptors (Lipinski definition) is 4. The maximum Gasteiger partial charge on any atom is 0.185 e. The molecule has 1 aromatic heterocycles. The summed E-state index contributed by atoms with van der Waals surface area (Å²) in [4.78, 5) is 7.52. The molecule has 2 rings (SSSR count). The second kappa shape index (κ2) is 7.17. The number of nitrogens with zero attached hydrogens (tertiary/aromatic N) is 2.